The number of alkyl halides is 3. The molecule has 1 atom stereocenters. The van der Waals surface area contributed by atoms with Crippen molar-refractivity contribution < 1.29 is 17.9 Å². The zero-order chi connectivity index (χ0) is 12.6. The van der Waals surface area contributed by atoms with Crippen LogP contribution in [0.25, 0.3) is 0 Å². The van der Waals surface area contributed by atoms with E-state index in [9.17, 15) is 13.2 Å². The zero-order valence-corrected chi connectivity index (χ0v) is 9.55. The van der Waals surface area contributed by atoms with E-state index in [0.29, 0.717) is 12.2 Å². The molecule has 2 nitrogen and oxygen atoms in total. The van der Waals surface area contributed by atoms with Crippen molar-refractivity contribution in [3.63, 3.8) is 0 Å². The molecule has 0 heterocycles. The van der Waals surface area contributed by atoms with E-state index >= 15 is 0 Å². The van der Waals surface area contributed by atoms with E-state index in [2.05, 4.69) is 0 Å². The molecule has 5 heteroatoms. The Kier molecular flexibility index (Phi) is 6.88. The van der Waals surface area contributed by atoms with E-state index < -0.39 is 12.6 Å². The summed E-state index contributed by atoms with van der Waals surface area (Å²) in [4.78, 5) is 0. The molecule has 0 amide bonds. The number of rotatable bonds is 6. The van der Waals surface area contributed by atoms with Crippen LogP contribution in [0.2, 0.25) is 0 Å². The number of allylic oxidation sites excluding steroid dienone is 2. The maximum atomic E-state index is 11.9. The van der Waals surface area contributed by atoms with Crippen LogP contribution in [-0.4, -0.2) is 18.8 Å². The highest BCUT2D eigenvalue weighted by Crippen LogP contribution is 2.19. The highest BCUT2D eigenvalue weighted by molar-refractivity contribution is 5.13. The van der Waals surface area contributed by atoms with E-state index in [-0.39, 0.29) is 12.6 Å². The maximum absolute atomic E-state index is 11.9. The molecule has 0 fully saturated rings. The molecule has 16 heavy (non-hydrogen) atoms. The molecule has 0 aromatic carbocycles. The van der Waals surface area contributed by atoms with Gasteiger partial charge < -0.3 is 10.5 Å². The number of halogens is 3. The SMILES string of the molecule is CC/C=C(/C=C\C(C)N)OCCC(F)(F)F. The summed E-state index contributed by atoms with van der Waals surface area (Å²) < 4.78 is 40.6. The Bertz CT molecular complexity index is 244. The predicted molar refractivity (Wildman–Crippen MR) is 57.8 cm³/mol. The van der Waals surface area contributed by atoms with Gasteiger partial charge in [-0.1, -0.05) is 13.0 Å². The van der Waals surface area contributed by atoms with Crippen LogP contribution in [0.5, 0.6) is 0 Å². The van der Waals surface area contributed by atoms with E-state index in [0.717, 1.165) is 0 Å². The smallest absolute Gasteiger partial charge is 0.392 e. The van der Waals surface area contributed by atoms with Gasteiger partial charge in [0.05, 0.1) is 13.0 Å². The van der Waals surface area contributed by atoms with Crippen molar-refractivity contribution >= 4 is 0 Å². The normalized spacial score (nSPS) is 15.5. The summed E-state index contributed by atoms with van der Waals surface area (Å²) in [6, 6.07) is -0.147. The van der Waals surface area contributed by atoms with Gasteiger partial charge in [-0.25, -0.2) is 0 Å². The van der Waals surface area contributed by atoms with E-state index in [1.54, 1.807) is 25.2 Å². The molecule has 0 aliphatic rings. The molecule has 0 rings (SSSR count). The maximum Gasteiger partial charge on any atom is 0.392 e. The molecule has 0 radical (unpaired) electrons. The van der Waals surface area contributed by atoms with Crippen LogP contribution >= 0.6 is 0 Å². The van der Waals surface area contributed by atoms with Crippen molar-refractivity contribution in [3.8, 4) is 0 Å². The number of nitrogens with two attached hydrogens (primary N) is 1. The van der Waals surface area contributed by atoms with Gasteiger partial charge in [-0.3, -0.25) is 0 Å². The lowest BCUT2D eigenvalue weighted by Crippen LogP contribution is -2.12. The average Bonchev–Trinajstić information content (AvgIpc) is 2.12. The predicted octanol–water partition coefficient (Wildman–Crippen LogP) is 3.15. The molecule has 0 aromatic heterocycles. The minimum atomic E-state index is -4.18. The molecule has 1 unspecified atom stereocenters. The van der Waals surface area contributed by atoms with Crippen molar-refractivity contribution in [2.24, 2.45) is 5.73 Å². The molecule has 0 saturated carbocycles. The van der Waals surface area contributed by atoms with Gasteiger partial charge in [0, 0.05) is 6.04 Å². The Balaban J connectivity index is 4.11. The second-order valence-corrected chi connectivity index (χ2v) is 3.45. The van der Waals surface area contributed by atoms with Crippen molar-refractivity contribution in [1.82, 2.24) is 0 Å². The summed E-state index contributed by atoms with van der Waals surface area (Å²) in [5.74, 6) is 0.434. The van der Waals surface area contributed by atoms with Gasteiger partial charge in [0.2, 0.25) is 0 Å². The van der Waals surface area contributed by atoms with E-state index in [1.807, 2.05) is 6.92 Å². The van der Waals surface area contributed by atoms with Crippen molar-refractivity contribution in [2.75, 3.05) is 6.61 Å². The molecule has 94 valence electrons. The zero-order valence-electron chi connectivity index (χ0n) is 9.55. The quantitative estimate of drug-likeness (QED) is 0.569. The minimum Gasteiger partial charge on any atom is -0.494 e. The highest BCUT2D eigenvalue weighted by atomic mass is 19.4. The molecule has 0 saturated heterocycles. The molecule has 0 bridgehead atoms. The van der Waals surface area contributed by atoms with Crippen LogP contribution in [-0.2, 0) is 4.74 Å². The molecule has 2 N–H and O–H groups in total. The van der Waals surface area contributed by atoms with Gasteiger partial charge in [-0.2, -0.15) is 13.2 Å². The topological polar surface area (TPSA) is 35.2 Å². The fourth-order valence-electron chi connectivity index (χ4n) is 0.907. The number of hydrogen-bond acceptors (Lipinski definition) is 2. The van der Waals surface area contributed by atoms with Crippen LogP contribution in [0.1, 0.15) is 26.7 Å². The van der Waals surface area contributed by atoms with Crippen molar-refractivity contribution in [1.29, 1.82) is 0 Å². The first-order valence-corrected chi connectivity index (χ1v) is 5.18. The summed E-state index contributed by atoms with van der Waals surface area (Å²) >= 11 is 0. The third-order valence-corrected chi connectivity index (χ3v) is 1.62. The van der Waals surface area contributed by atoms with Crippen LogP contribution in [0.4, 0.5) is 13.2 Å². The molecule has 0 spiro atoms. The molecule has 0 aromatic rings. The second kappa shape index (κ2) is 7.33. The summed E-state index contributed by atoms with van der Waals surface area (Å²) in [6.07, 6.45) is 0.571. The largest absolute Gasteiger partial charge is 0.494 e. The highest BCUT2D eigenvalue weighted by Gasteiger charge is 2.26. The average molecular weight is 237 g/mol. The van der Waals surface area contributed by atoms with E-state index in [4.69, 9.17) is 10.5 Å². The fourth-order valence-corrected chi connectivity index (χ4v) is 0.907. The summed E-state index contributed by atoms with van der Waals surface area (Å²) in [5.41, 5.74) is 5.49. The first-order chi connectivity index (χ1) is 7.35. The summed E-state index contributed by atoms with van der Waals surface area (Å²) in [7, 11) is 0. The lowest BCUT2D eigenvalue weighted by atomic mass is 10.3. The van der Waals surface area contributed by atoms with Gasteiger partial charge in [0.1, 0.15) is 5.76 Å². The van der Waals surface area contributed by atoms with Crippen LogP contribution in [0.15, 0.2) is 24.0 Å². The fraction of sp³-hybridized carbons (Fsp3) is 0.636. The standard InChI is InChI=1S/C11H18F3NO/c1-3-4-10(6-5-9(2)15)16-8-7-11(12,13)14/h4-6,9H,3,7-8,15H2,1-2H3/b6-5-,10-4-. The first-order valence-electron chi connectivity index (χ1n) is 5.18. The van der Waals surface area contributed by atoms with Gasteiger partial charge in [-0.15, -0.1) is 0 Å². The van der Waals surface area contributed by atoms with Crippen LogP contribution < -0.4 is 5.73 Å². The van der Waals surface area contributed by atoms with Gasteiger partial charge >= 0.3 is 6.18 Å². The van der Waals surface area contributed by atoms with Crippen LogP contribution in [0.3, 0.4) is 0 Å². The Labute approximate surface area is 94.0 Å². The number of hydrogen-bond donors (Lipinski definition) is 1. The van der Waals surface area contributed by atoms with Gasteiger partial charge in [0.15, 0.2) is 0 Å². The molecular weight excluding hydrogens is 219 g/mol. The first kappa shape index (κ1) is 15.0. The molecule has 0 aliphatic carbocycles. The summed E-state index contributed by atoms with van der Waals surface area (Å²) in [5, 5.41) is 0. The van der Waals surface area contributed by atoms with Crippen LogP contribution in [0, 0.1) is 0 Å². The van der Waals surface area contributed by atoms with E-state index in [1.165, 1.54) is 0 Å². The second-order valence-electron chi connectivity index (χ2n) is 3.45. The Morgan fingerprint density at radius 1 is 1.44 bits per heavy atom. The minimum absolute atomic E-state index is 0.147. The molecule has 0 aliphatic heterocycles. The van der Waals surface area contributed by atoms with Crippen molar-refractivity contribution in [3.05, 3.63) is 24.0 Å². The Morgan fingerprint density at radius 2 is 2.06 bits per heavy atom. The Morgan fingerprint density at radius 3 is 2.50 bits per heavy atom. The van der Waals surface area contributed by atoms with Crippen molar-refractivity contribution in [2.45, 2.75) is 38.9 Å². The van der Waals surface area contributed by atoms with Gasteiger partial charge in [-0.05, 0) is 25.5 Å². The monoisotopic (exact) mass is 237 g/mol. The molecular formula is C11H18F3NO. The summed E-state index contributed by atoms with van der Waals surface area (Å²) in [6.45, 7) is 3.29. The lowest BCUT2D eigenvalue weighted by Gasteiger charge is -2.09. The Hall–Kier alpha value is -0.970. The third kappa shape index (κ3) is 9.58. The van der Waals surface area contributed by atoms with Gasteiger partial charge in [0.25, 0.3) is 0 Å². The third-order valence-electron chi connectivity index (χ3n) is 1.62. The lowest BCUT2D eigenvalue weighted by molar-refractivity contribution is -0.142. The number of ether oxygens (including phenoxy) is 1.